The number of fused-ring (bicyclic) bond motifs is 9. The van der Waals surface area contributed by atoms with Crippen LogP contribution in [0.4, 0.5) is 17.1 Å². The highest BCUT2D eigenvalue weighted by atomic mass is 15.0. The molecule has 0 atom stereocenters. The Bertz CT molecular complexity index is 4380. The molecule has 0 spiro atoms. The summed E-state index contributed by atoms with van der Waals surface area (Å²) >= 11 is 0. The number of benzene rings is 9. The largest absolute Gasteiger partial charge is 0.309 e. The average Bonchev–Trinajstić information content (AvgIpc) is 4.07. The first-order chi connectivity index (χ1) is 35.0. The van der Waals surface area contributed by atoms with E-state index in [1.165, 1.54) is 10.8 Å². The molecular formula is C62H33N9. The maximum absolute atomic E-state index is 9.90. The van der Waals surface area contributed by atoms with Gasteiger partial charge in [-0.2, -0.15) is 5.26 Å². The molecule has 9 heteroatoms. The van der Waals surface area contributed by atoms with Crippen molar-refractivity contribution in [3.8, 4) is 57.0 Å². The van der Waals surface area contributed by atoms with Crippen molar-refractivity contribution < 1.29 is 0 Å². The van der Waals surface area contributed by atoms with Crippen LogP contribution in [0, 0.1) is 31.0 Å². The van der Waals surface area contributed by atoms with E-state index in [2.05, 4.69) is 144 Å². The van der Waals surface area contributed by atoms with Gasteiger partial charge in [0.15, 0.2) is 17.1 Å². The number of para-hydroxylation sites is 4. The number of aromatic nitrogens is 5. The Morgan fingerprint density at radius 2 is 0.845 bits per heavy atom. The van der Waals surface area contributed by atoms with Gasteiger partial charge < -0.3 is 13.7 Å². The first-order valence-electron chi connectivity index (χ1n) is 22.9. The minimum absolute atomic E-state index is 0.408. The van der Waals surface area contributed by atoms with E-state index in [9.17, 15) is 5.26 Å². The number of nitriles is 1. The molecule has 4 heterocycles. The summed E-state index contributed by atoms with van der Waals surface area (Å²) in [7, 11) is 0. The molecule has 0 aliphatic rings. The molecule has 0 radical (unpaired) electrons. The highest BCUT2D eigenvalue weighted by molar-refractivity contribution is 6.14. The maximum Gasteiger partial charge on any atom is 0.198 e. The lowest BCUT2D eigenvalue weighted by Gasteiger charge is -2.13. The summed E-state index contributed by atoms with van der Waals surface area (Å²) in [6.07, 6.45) is 0. The van der Waals surface area contributed by atoms with Crippen molar-refractivity contribution >= 4 is 82.5 Å². The molecule has 9 nitrogen and oxygen atoms in total. The molecule has 0 saturated carbocycles. The first kappa shape index (κ1) is 40.7. The standard InChI is InChI=1S/C62H33N9/c1-64-40-23-29-59-49(33-40)48-32-38(37-63)20-28-58(48)71(59)43-27-31-61-51(35-43)50-34-42(70-56-18-10-6-12-44(56)45-13-7-11-19-57(45)70)26-30-60(50)69(61)41-24-21-39(22-25-41)54-36-55(46-14-4-8-16-52(46)65-2)68-62(67-54)47-15-5-9-17-53(47)66-3/h4-36H. The Labute approximate surface area is 406 Å². The van der Waals surface area contributed by atoms with Crippen LogP contribution in [0.3, 0.4) is 0 Å². The molecule has 0 saturated heterocycles. The lowest BCUT2D eigenvalue weighted by Crippen LogP contribution is -1.98. The van der Waals surface area contributed by atoms with E-state index in [-0.39, 0.29) is 0 Å². The third-order valence-electron chi connectivity index (χ3n) is 13.5. The van der Waals surface area contributed by atoms with Gasteiger partial charge in [0, 0.05) is 60.7 Å². The molecule has 13 rings (SSSR count). The molecule has 0 aliphatic carbocycles. The van der Waals surface area contributed by atoms with E-state index in [0.29, 0.717) is 51.0 Å². The van der Waals surface area contributed by atoms with Crippen molar-refractivity contribution in [2.75, 3.05) is 0 Å². The van der Waals surface area contributed by atoms with Crippen LogP contribution in [0.25, 0.3) is 131 Å². The van der Waals surface area contributed by atoms with Gasteiger partial charge in [0.2, 0.25) is 0 Å². The van der Waals surface area contributed by atoms with Crippen LogP contribution in [0.5, 0.6) is 0 Å². The summed E-state index contributed by atoms with van der Waals surface area (Å²) < 4.78 is 6.87. The second-order valence-corrected chi connectivity index (χ2v) is 17.4. The van der Waals surface area contributed by atoms with Gasteiger partial charge in [-0.05, 0) is 102 Å². The van der Waals surface area contributed by atoms with Gasteiger partial charge >= 0.3 is 0 Å². The van der Waals surface area contributed by atoms with Gasteiger partial charge in [-0.1, -0.05) is 103 Å². The average molecular weight is 904 g/mol. The van der Waals surface area contributed by atoms with Crippen LogP contribution in [0.1, 0.15) is 5.56 Å². The Balaban J connectivity index is 1.02. The van der Waals surface area contributed by atoms with E-state index < -0.39 is 0 Å². The molecule has 71 heavy (non-hydrogen) atoms. The van der Waals surface area contributed by atoms with Crippen LogP contribution < -0.4 is 0 Å². The number of nitrogens with zero attached hydrogens (tertiary/aromatic N) is 9. The molecule has 0 amide bonds. The lowest BCUT2D eigenvalue weighted by atomic mass is 10.0. The summed E-state index contributed by atoms with van der Waals surface area (Å²) in [5.41, 5.74) is 14.5. The Kier molecular flexibility index (Phi) is 9.19. The highest BCUT2D eigenvalue weighted by Crippen LogP contribution is 2.41. The second-order valence-electron chi connectivity index (χ2n) is 17.4. The highest BCUT2D eigenvalue weighted by Gasteiger charge is 2.21. The van der Waals surface area contributed by atoms with E-state index in [0.717, 1.165) is 77.3 Å². The molecule has 0 bridgehead atoms. The van der Waals surface area contributed by atoms with Crippen LogP contribution in [0.2, 0.25) is 0 Å². The third-order valence-corrected chi connectivity index (χ3v) is 13.5. The first-order valence-corrected chi connectivity index (χ1v) is 22.9. The van der Waals surface area contributed by atoms with Crippen LogP contribution >= 0.6 is 0 Å². The summed E-state index contributed by atoms with van der Waals surface area (Å²) in [6.45, 7) is 23.6. The Morgan fingerprint density at radius 3 is 1.45 bits per heavy atom. The van der Waals surface area contributed by atoms with E-state index in [1.54, 1.807) is 12.1 Å². The molecule has 0 unspecified atom stereocenters. The van der Waals surface area contributed by atoms with Crippen molar-refractivity contribution in [3.63, 3.8) is 0 Å². The van der Waals surface area contributed by atoms with E-state index in [4.69, 9.17) is 29.7 Å². The monoisotopic (exact) mass is 903 g/mol. The van der Waals surface area contributed by atoms with Crippen molar-refractivity contribution in [1.29, 1.82) is 5.26 Å². The zero-order valence-electron chi connectivity index (χ0n) is 37.6. The molecular weight excluding hydrogens is 871 g/mol. The third kappa shape index (κ3) is 6.37. The number of hydrogen-bond donors (Lipinski definition) is 0. The minimum Gasteiger partial charge on any atom is -0.309 e. The fraction of sp³-hybridized carbons (Fsp3) is 0. The van der Waals surface area contributed by atoms with Crippen LogP contribution in [0.15, 0.2) is 200 Å². The summed E-state index contributed by atoms with van der Waals surface area (Å²) in [4.78, 5) is 21.3. The van der Waals surface area contributed by atoms with Crippen molar-refractivity contribution in [2.24, 2.45) is 0 Å². The van der Waals surface area contributed by atoms with Gasteiger partial charge in [0.1, 0.15) is 5.82 Å². The van der Waals surface area contributed by atoms with Gasteiger partial charge in [-0.25, -0.2) is 24.5 Å². The van der Waals surface area contributed by atoms with Crippen LogP contribution in [-0.4, -0.2) is 23.7 Å². The molecule has 9 aromatic carbocycles. The number of rotatable bonds is 6. The smallest absolute Gasteiger partial charge is 0.198 e. The van der Waals surface area contributed by atoms with Crippen LogP contribution in [-0.2, 0) is 0 Å². The second kappa shape index (κ2) is 16.0. The lowest BCUT2D eigenvalue weighted by molar-refractivity contribution is 1.16. The molecule has 0 fully saturated rings. The normalized spacial score (nSPS) is 11.3. The summed E-state index contributed by atoms with van der Waals surface area (Å²) in [6, 6.07) is 69.2. The predicted octanol–water partition coefficient (Wildman–Crippen LogP) is 16.3. The van der Waals surface area contributed by atoms with Crippen molar-refractivity contribution in [2.45, 2.75) is 0 Å². The molecule has 13 aromatic rings. The zero-order valence-corrected chi connectivity index (χ0v) is 37.6. The molecule has 0 aliphatic heterocycles. The van der Waals surface area contributed by atoms with E-state index >= 15 is 0 Å². The molecule has 0 N–H and O–H groups in total. The van der Waals surface area contributed by atoms with E-state index in [1.807, 2.05) is 78.9 Å². The van der Waals surface area contributed by atoms with Gasteiger partial charge in [-0.3, -0.25) is 0 Å². The topological polar surface area (TPSA) is 77.4 Å². The van der Waals surface area contributed by atoms with Gasteiger partial charge in [0.25, 0.3) is 0 Å². The Hall–Kier alpha value is -10.6. The van der Waals surface area contributed by atoms with Crippen molar-refractivity contribution in [3.05, 3.63) is 240 Å². The Morgan fingerprint density at radius 1 is 0.380 bits per heavy atom. The van der Waals surface area contributed by atoms with Gasteiger partial charge in [0.05, 0.1) is 75.8 Å². The quantitative estimate of drug-likeness (QED) is 0.156. The summed E-state index contributed by atoms with van der Waals surface area (Å²) in [5.74, 6) is 0.408. The molecule has 326 valence electrons. The fourth-order valence-corrected chi connectivity index (χ4v) is 10.4. The fourth-order valence-electron chi connectivity index (χ4n) is 10.4. The number of hydrogen-bond acceptors (Lipinski definition) is 3. The van der Waals surface area contributed by atoms with Crippen molar-refractivity contribution in [1.82, 2.24) is 23.7 Å². The minimum atomic E-state index is 0.408. The SMILES string of the molecule is [C-]#[N+]c1ccc2c(c1)c1cc(C#N)ccc1n2-c1ccc2c(c1)c1cc(-n3c4ccccc4c4ccccc43)ccc1n2-c1ccc(-c2cc(-c3ccccc3[N+]#[C-])nc(-c3ccccc3[N+]#[C-])n2)cc1. The van der Waals surface area contributed by atoms with Gasteiger partial charge in [-0.15, -0.1) is 0 Å². The summed E-state index contributed by atoms with van der Waals surface area (Å²) in [5, 5.41) is 16.2. The zero-order chi connectivity index (χ0) is 47.7. The molecule has 4 aromatic heterocycles. The predicted molar refractivity (Wildman–Crippen MR) is 285 cm³/mol. The maximum atomic E-state index is 9.90.